The zero-order chi connectivity index (χ0) is 57.8. The van der Waals surface area contributed by atoms with Crippen LogP contribution < -0.4 is 0 Å². The fourth-order valence-electron chi connectivity index (χ4n) is 13.4. The van der Waals surface area contributed by atoms with Crippen LogP contribution in [0, 0.1) is 0 Å². The van der Waals surface area contributed by atoms with Crippen LogP contribution in [0.5, 0.6) is 0 Å². The Bertz CT molecular complexity index is 5810. The van der Waals surface area contributed by atoms with E-state index in [0.29, 0.717) is 35.2 Å². The minimum Gasteiger partial charge on any atom is -0.309 e. The quantitative estimate of drug-likeness (QED) is 0.143. The molecule has 0 radical (unpaired) electrons. The van der Waals surface area contributed by atoms with E-state index < -0.39 is 0 Å². The van der Waals surface area contributed by atoms with Crippen LogP contribution in [-0.2, 0) is 0 Å². The van der Waals surface area contributed by atoms with E-state index in [-0.39, 0.29) is 0 Å². The monoisotopic (exact) mass is 1120 g/mol. The normalized spacial score (nSPS) is 11.9. The fraction of sp³-hybridized carbons (Fsp3) is 0. The van der Waals surface area contributed by atoms with E-state index in [2.05, 4.69) is 273 Å². The van der Waals surface area contributed by atoms with Gasteiger partial charge in [0.15, 0.2) is 23.3 Å². The fourth-order valence-corrected chi connectivity index (χ4v) is 13.4. The number of hydrogen-bond donors (Lipinski definition) is 0. The SMILES string of the molecule is c1ccc(-c2nc(-c3cccc(-c4cccc(-c5nc(-c6ccccc6)nc(-n6c7ccccc7c7ccc8c(c9ccccc9n8-c8ccccc8)c76)n5)c4)c3)nc(-n3c4ccccc4c4c3ccc3c5ccccc5n(-c5ccccc5)c34)n2)cc1. The molecule has 10 nitrogen and oxygen atoms in total. The predicted octanol–water partition coefficient (Wildman–Crippen LogP) is 18.8. The van der Waals surface area contributed by atoms with Gasteiger partial charge in [0.2, 0.25) is 11.9 Å². The van der Waals surface area contributed by atoms with Crippen molar-refractivity contribution in [2.45, 2.75) is 0 Å². The van der Waals surface area contributed by atoms with Gasteiger partial charge in [-0.1, -0.05) is 218 Å². The third-order valence-electron chi connectivity index (χ3n) is 17.3. The summed E-state index contributed by atoms with van der Waals surface area (Å²) in [6.45, 7) is 0. The first-order valence-corrected chi connectivity index (χ1v) is 29.5. The molecule has 0 aliphatic carbocycles. The first kappa shape index (κ1) is 49.3. The minimum atomic E-state index is 0.523. The average molecular weight is 1130 g/mol. The average Bonchev–Trinajstić information content (AvgIpc) is 1.62. The maximum Gasteiger partial charge on any atom is 0.238 e. The summed E-state index contributed by atoms with van der Waals surface area (Å²) in [5.41, 5.74) is 16.1. The van der Waals surface area contributed by atoms with Gasteiger partial charge in [-0.15, -0.1) is 0 Å². The summed E-state index contributed by atoms with van der Waals surface area (Å²) in [5.74, 6) is 3.30. The molecule has 0 aliphatic rings. The highest BCUT2D eigenvalue weighted by Crippen LogP contribution is 2.44. The second-order valence-corrected chi connectivity index (χ2v) is 22.3. The van der Waals surface area contributed by atoms with E-state index in [1.165, 1.54) is 10.8 Å². The molecule has 18 aromatic rings. The lowest BCUT2D eigenvalue weighted by molar-refractivity contribution is 0.953. The molecule has 0 N–H and O–H groups in total. The zero-order valence-electron chi connectivity index (χ0n) is 47.2. The Morgan fingerprint density at radius 1 is 0.193 bits per heavy atom. The summed E-state index contributed by atoms with van der Waals surface area (Å²) >= 11 is 0. The summed E-state index contributed by atoms with van der Waals surface area (Å²) in [7, 11) is 0. The smallest absolute Gasteiger partial charge is 0.238 e. The number of fused-ring (bicyclic) bond motifs is 14. The number of benzene rings is 12. The van der Waals surface area contributed by atoms with Gasteiger partial charge in [0.05, 0.1) is 44.1 Å². The van der Waals surface area contributed by atoms with Crippen LogP contribution in [0.2, 0.25) is 0 Å². The largest absolute Gasteiger partial charge is 0.309 e. The first-order chi connectivity index (χ1) is 43.7. The Hall–Kier alpha value is -12.1. The van der Waals surface area contributed by atoms with Crippen molar-refractivity contribution in [3.63, 3.8) is 0 Å². The van der Waals surface area contributed by atoms with Gasteiger partial charge >= 0.3 is 0 Å². The molecule has 18 rings (SSSR count). The van der Waals surface area contributed by atoms with Gasteiger partial charge in [-0.2, -0.15) is 19.9 Å². The lowest BCUT2D eigenvalue weighted by Gasteiger charge is -2.13. The van der Waals surface area contributed by atoms with Gasteiger partial charge in [-0.25, -0.2) is 9.97 Å². The Kier molecular flexibility index (Phi) is 11.1. The zero-order valence-corrected chi connectivity index (χ0v) is 47.2. The van der Waals surface area contributed by atoms with Crippen molar-refractivity contribution in [2.24, 2.45) is 0 Å². The molecule has 0 saturated carbocycles. The first-order valence-electron chi connectivity index (χ1n) is 29.5. The maximum atomic E-state index is 5.49. The van der Waals surface area contributed by atoms with Crippen LogP contribution in [0.15, 0.2) is 291 Å². The Morgan fingerprint density at radius 3 is 1.01 bits per heavy atom. The summed E-state index contributed by atoms with van der Waals surface area (Å²) in [6.07, 6.45) is 0. The van der Waals surface area contributed by atoms with Gasteiger partial charge in [-0.3, -0.25) is 9.13 Å². The highest BCUT2D eigenvalue weighted by atomic mass is 15.2. The number of para-hydroxylation sites is 6. The molecule has 0 bridgehead atoms. The second-order valence-electron chi connectivity index (χ2n) is 22.3. The number of hydrogen-bond acceptors (Lipinski definition) is 6. The Balaban J connectivity index is 0.804. The molecule has 0 aliphatic heterocycles. The third kappa shape index (κ3) is 7.69. The van der Waals surface area contributed by atoms with Gasteiger partial charge in [0.25, 0.3) is 0 Å². The van der Waals surface area contributed by atoms with Gasteiger partial charge in [0, 0.05) is 76.7 Å². The van der Waals surface area contributed by atoms with E-state index in [0.717, 1.165) is 121 Å². The summed E-state index contributed by atoms with van der Waals surface area (Å²) in [5, 5.41) is 9.10. The third-order valence-corrected chi connectivity index (χ3v) is 17.3. The van der Waals surface area contributed by atoms with Crippen molar-refractivity contribution in [3.05, 3.63) is 291 Å². The number of nitrogens with zero attached hydrogens (tertiary/aromatic N) is 10. The van der Waals surface area contributed by atoms with E-state index in [9.17, 15) is 0 Å². The van der Waals surface area contributed by atoms with Crippen LogP contribution in [0.1, 0.15) is 0 Å². The number of rotatable bonds is 9. The lowest BCUT2D eigenvalue weighted by atomic mass is 10.0. The topological polar surface area (TPSA) is 97.1 Å². The van der Waals surface area contributed by atoms with Crippen molar-refractivity contribution in [3.8, 4) is 79.9 Å². The molecule has 0 fully saturated rings. The molecule has 10 heteroatoms. The van der Waals surface area contributed by atoms with Crippen molar-refractivity contribution in [1.29, 1.82) is 0 Å². The molecule has 0 atom stereocenters. The molecule has 0 spiro atoms. The van der Waals surface area contributed by atoms with Gasteiger partial charge in [-0.05, 0) is 83.9 Å². The molecule has 0 saturated heterocycles. The Morgan fingerprint density at radius 2 is 0.523 bits per heavy atom. The predicted molar refractivity (Wildman–Crippen MR) is 358 cm³/mol. The maximum absolute atomic E-state index is 5.49. The highest BCUT2D eigenvalue weighted by molar-refractivity contribution is 6.27. The van der Waals surface area contributed by atoms with Crippen molar-refractivity contribution in [1.82, 2.24) is 48.2 Å². The number of aromatic nitrogens is 10. The minimum absolute atomic E-state index is 0.523. The van der Waals surface area contributed by atoms with Crippen LogP contribution in [0.3, 0.4) is 0 Å². The van der Waals surface area contributed by atoms with Crippen LogP contribution in [0.4, 0.5) is 0 Å². The van der Waals surface area contributed by atoms with Crippen LogP contribution in [-0.4, -0.2) is 48.2 Å². The summed E-state index contributed by atoms with van der Waals surface area (Å²) in [4.78, 5) is 32.2. The molecular formula is C78H48N10. The van der Waals surface area contributed by atoms with Crippen LogP contribution in [0.25, 0.3) is 167 Å². The molecule has 12 aromatic carbocycles. The van der Waals surface area contributed by atoms with E-state index in [1.54, 1.807) is 0 Å². The summed E-state index contributed by atoms with van der Waals surface area (Å²) < 4.78 is 9.21. The molecular weight excluding hydrogens is 1080 g/mol. The van der Waals surface area contributed by atoms with Gasteiger partial charge < -0.3 is 9.13 Å². The van der Waals surface area contributed by atoms with Crippen molar-refractivity contribution < 1.29 is 0 Å². The van der Waals surface area contributed by atoms with Gasteiger partial charge in [0.1, 0.15) is 0 Å². The van der Waals surface area contributed by atoms with Crippen LogP contribution >= 0.6 is 0 Å². The standard InChI is InChI=1S/C78H48N10/c1-5-23-49(24-6-1)73-79-75(83-77(81-73)87-66-42-20-16-38-62(66)70-68(87)46-44-59-57-35-13-17-39-63(57)86(71(59)70)56-33-11-4-12-34-56)53-29-21-27-51(47-53)52-28-22-30-54(48-52)76-80-74(50-25-7-2-8-26-50)82-78(84-76)88-64-40-18-14-36-58(64)60-43-45-67-69(72(60)88)61-37-15-19-41-65(61)85(67)55-31-9-3-10-32-55/h1-48H. The highest BCUT2D eigenvalue weighted by Gasteiger charge is 2.26. The van der Waals surface area contributed by atoms with Crippen molar-refractivity contribution in [2.75, 3.05) is 0 Å². The van der Waals surface area contributed by atoms with E-state index in [4.69, 9.17) is 29.9 Å². The molecule has 410 valence electrons. The second kappa shape index (κ2) is 19.7. The van der Waals surface area contributed by atoms with E-state index >= 15 is 0 Å². The molecule has 88 heavy (non-hydrogen) atoms. The van der Waals surface area contributed by atoms with Crippen molar-refractivity contribution >= 4 is 87.2 Å². The molecule has 0 unspecified atom stereocenters. The lowest BCUT2D eigenvalue weighted by Crippen LogP contribution is -2.06. The van der Waals surface area contributed by atoms with E-state index in [1.807, 2.05) is 36.4 Å². The molecule has 0 amide bonds. The molecule has 6 heterocycles. The molecule has 6 aromatic heterocycles. The summed E-state index contributed by atoms with van der Waals surface area (Å²) in [6, 6.07) is 102. The Labute approximate surface area is 503 Å².